The van der Waals surface area contributed by atoms with E-state index in [4.69, 9.17) is 0 Å². The fraction of sp³-hybridized carbons (Fsp3) is 0.316. The number of non-ortho nitro benzene ring substituents is 1. The van der Waals surface area contributed by atoms with Crippen LogP contribution in [-0.2, 0) is 0 Å². The molecule has 0 aromatic heterocycles. The van der Waals surface area contributed by atoms with Crippen LogP contribution >= 0.6 is 0 Å². The number of likely N-dealkylation sites (N-methyl/N-ethyl adjacent to an activating group) is 1. The van der Waals surface area contributed by atoms with Crippen molar-refractivity contribution in [3.05, 3.63) is 63.7 Å². The molecule has 26 heavy (non-hydrogen) atoms. The summed E-state index contributed by atoms with van der Waals surface area (Å²) in [6, 6.07) is 11.6. The molecule has 0 saturated carbocycles. The van der Waals surface area contributed by atoms with E-state index in [2.05, 4.69) is 28.2 Å². The highest BCUT2D eigenvalue weighted by Gasteiger charge is 2.16. The number of aryl methyl sites for hydroxylation is 1. The number of carbonyl (C=O) groups is 1. The molecule has 1 fully saturated rings. The normalized spacial score (nSPS) is 14.9. The Morgan fingerprint density at radius 3 is 2.31 bits per heavy atom. The van der Waals surface area contributed by atoms with E-state index < -0.39 is 4.92 Å². The van der Waals surface area contributed by atoms with Crippen molar-refractivity contribution in [2.75, 3.05) is 43.4 Å². The SMILES string of the molecule is Cc1cc(N2CCN(C)CC2)ccc1NC(=O)c1ccc([N+](=O)[O-])cc1. The van der Waals surface area contributed by atoms with Crippen molar-refractivity contribution < 1.29 is 9.72 Å². The molecule has 0 radical (unpaired) electrons. The molecule has 1 aliphatic heterocycles. The van der Waals surface area contributed by atoms with Gasteiger partial charge in [0.15, 0.2) is 0 Å². The molecular weight excluding hydrogens is 332 g/mol. The molecule has 0 unspecified atom stereocenters. The highest BCUT2D eigenvalue weighted by atomic mass is 16.6. The average molecular weight is 354 g/mol. The maximum Gasteiger partial charge on any atom is 0.269 e. The number of anilines is 2. The van der Waals surface area contributed by atoms with Crippen LogP contribution in [0.25, 0.3) is 0 Å². The second-order valence-corrected chi connectivity index (χ2v) is 6.55. The largest absolute Gasteiger partial charge is 0.369 e. The quantitative estimate of drug-likeness (QED) is 0.675. The fourth-order valence-corrected chi connectivity index (χ4v) is 2.98. The minimum Gasteiger partial charge on any atom is -0.369 e. The smallest absolute Gasteiger partial charge is 0.269 e. The van der Waals surface area contributed by atoms with Crippen LogP contribution in [0.4, 0.5) is 17.1 Å². The molecule has 0 atom stereocenters. The minimum absolute atomic E-state index is 0.0331. The number of piperazine rings is 1. The lowest BCUT2D eigenvalue weighted by atomic mass is 10.1. The van der Waals surface area contributed by atoms with E-state index in [1.165, 1.54) is 24.3 Å². The molecule has 1 N–H and O–H groups in total. The Bertz CT molecular complexity index is 812. The number of amides is 1. The Kier molecular flexibility index (Phi) is 5.18. The molecular formula is C19H22N4O3. The summed E-state index contributed by atoms with van der Waals surface area (Å²) in [6.07, 6.45) is 0. The summed E-state index contributed by atoms with van der Waals surface area (Å²) in [5, 5.41) is 13.6. The molecule has 0 aliphatic carbocycles. The van der Waals surface area contributed by atoms with Crippen LogP contribution in [0.5, 0.6) is 0 Å². The van der Waals surface area contributed by atoms with Crippen LogP contribution in [0, 0.1) is 17.0 Å². The van der Waals surface area contributed by atoms with Crippen LogP contribution in [0.2, 0.25) is 0 Å². The van der Waals surface area contributed by atoms with Crippen LogP contribution < -0.4 is 10.2 Å². The van der Waals surface area contributed by atoms with E-state index in [1.807, 2.05) is 19.1 Å². The molecule has 1 amide bonds. The van der Waals surface area contributed by atoms with Crippen molar-refractivity contribution in [1.82, 2.24) is 4.90 Å². The van der Waals surface area contributed by atoms with Gasteiger partial charge in [0, 0.05) is 55.2 Å². The summed E-state index contributed by atoms with van der Waals surface area (Å²) in [5.74, 6) is -0.282. The number of nitrogens with one attached hydrogen (secondary N) is 1. The summed E-state index contributed by atoms with van der Waals surface area (Å²) in [5.41, 5.74) is 3.24. The molecule has 2 aromatic rings. The van der Waals surface area contributed by atoms with E-state index in [0.717, 1.165) is 43.1 Å². The van der Waals surface area contributed by atoms with Crippen LogP contribution in [-0.4, -0.2) is 49.0 Å². The number of benzene rings is 2. The van der Waals surface area contributed by atoms with Crippen molar-refractivity contribution in [3.8, 4) is 0 Å². The first kappa shape index (κ1) is 17.9. The minimum atomic E-state index is -0.483. The van der Waals surface area contributed by atoms with Gasteiger partial charge in [-0.2, -0.15) is 0 Å². The second-order valence-electron chi connectivity index (χ2n) is 6.55. The number of nitro groups is 1. The van der Waals surface area contributed by atoms with Gasteiger partial charge in [-0.25, -0.2) is 0 Å². The third kappa shape index (κ3) is 4.00. The molecule has 1 aliphatic rings. The molecule has 0 spiro atoms. The van der Waals surface area contributed by atoms with Gasteiger partial charge in [0.05, 0.1) is 4.92 Å². The monoisotopic (exact) mass is 354 g/mol. The maximum atomic E-state index is 12.4. The zero-order chi connectivity index (χ0) is 18.7. The third-order valence-corrected chi connectivity index (χ3v) is 4.67. The Balaban J connectivity index is 1.69. The molecule has 0 bridgehead atoms. The predicted molar refractivity (Wildman–Crippen MR) is 102 cm³/mol. The second kappa shape index (κ2) is 7.53. The van der Waals surface area contributed by atoms with Crippen molar-refractivity contribution in [2.24, 2.45) is 0 Å². The lowest BCUT2D eigenvalue weighted by Gasteiger charge is -2.34. The molecule has 3 rings (SSSR count). The Labute approximate surface area is 152 Å². The number of nitrogens with zero attached hydrogens (tertiary/aromatic N) is 3. The number of nitro benzene ring substituents is 1. The van der Waals surface area contributed by atoms with Gasteiger partial charge in [0.1, 0.15) is 0 Å². The van der Waals surface area contributed by atoms with E-state index in [-0.39, 0.29) is 11.6 Å². The van der Waals surface area contributed by atoms with Crippen LogP contribution in [0.1, 0.15) is 15.9 Å². The van der Waals surface area contributed by atoms with E-state index in [1.54, 1.807) is 0 Å². The molecule has 7 heteroatoms. The Morgan fingerprint density at radius 2 is 1.73 bits per heavy atom. The number of carbonyl (C=O) groups excluding carboxylic acids is 1. The van der Waals surface area contributed by atoms with Gasteiger partial charge in [-0.1, -0.05) is 0 Å². The van der Waals surface area contributed by atoms with Gasteiger partial charge in [-0.05, 0) is 49.9 Å². The van der Waals surface area contributed by atoms with Crippen molar-refractivity contribution in [1.29, 1.82) is 0 Å². The molecule has 136 valence electrons. The fourth-order valence-electron chi connectivity index (χ4n) is 2.98. The predicted octanol–water partition coefficient (Wildman–Crippen LogP) is 2.91. The van der Waals surface area contributed by atoms with Crippen molar-refractivity contribution in [2.45, 2.75) is 6.92 Å². The van der Waals surface area contributed by atoms with E-state index in [9.17, 15) is 14.9 Å². The summed E-state index contributed by atoms with van der Waals surface area (Å²) < 4.78 is 0. The van der Waals surface area contributed by atoms with Gasteiger partial charge in [0.25, 0.3) is 11.6 Å². The first-order valence-electron chi connectivity index (χ1n) is 8.54. The highest BCUT2D eigenvalue weighted by Crippen LogP contribution is 2.24. The van der Waals surface area contributed by atoms with E-state index in [0.29, 0.717) is 5.56 Å². The maximum absolute atomic E-state index is 12.4. The van der Waals surface area contributed by atoms with Crippen LogP contribution in [0.3, 0.4) is 0 Å². The number of hydrogen-bond donors (Lipinski definition) is 1. The number of rotatable bonds is 4. The summed E-state index contributed by atoms with van der Waals surface area (Å²) in [7, 11) is 2.12. The summed E-state index contributed by atoms with van der Waals surface area (Å²) in [4.78, 5) is 27.2. The van der Waals surface area contributed by atoms with Gasteiger partial charge in [-0.3, -0.25) is 14.9 Å². The van der Waals surface area contributed by atoms with Gasteiger partial charge in [-0.15, -0.1) is 0 Å². The zero-order valence-electron chi connectivity index (χ0n) is 14.9. The first-order chi connectivity index (χ1) is 12.4. The van der Waals surface area contributed by atoms with E-state index >= 15 is 0 Å². The molecule has 1 heterocycles. The lowest BCUT2D eigenvalue weighted by Crippen LogP contribution is -2.44. The van der Waals surface area contributed by atoms with Gasteiger partial charge in [0.2, 0.25) is 0 Å². The third-order valence-electron chi connectivity index (χ3n) is 4.67. The highest BCUT2D eigenvalue weighted by molar-refractivity contribution is 6.04. The molecule has 1 saturated heterocycles. The lowest BCUT2D eigenvalue weighted by molar-refractivity contribution is -0.384. The van der Waals surface area contributed by atoms with Gasteiger partial charge < -0.3 is 15.1 Å². The summed E-state index contributed by atoms with van der Waals surface area (Å²) in [6.45, 7) is 6.02. The average Bonchev–Trinajstić information content (AvgIpc) is 2.64. The topological polar surface area (TPSA) is 78.7 Å². The first-order valence-corrected chi connectivity index (χ1v) is 8.54. The van der Waals surface area contributed by atoms with Crippen molar-refractivity contribution in [3.63, 3.8) is 0 Å². The Hall–Kier alpha value is -2.93. The molecule has 7 nitrogen and oxygen atoms in total. The van der Waals surface area contributed by atoms with Crippen molar-refractivity contribution >= 4 is 23.0 Å². The summed E-state index contributed by atoms with van der Waals surface area (Å²) >= 11 is 0. The number of hydrogen-bond acceptors (Lipinski definition) is 5. The van der Waals surface area contributed by atoms with Crippen LogP contribution in [0.15, 0.2) is 42.5 Å². The molecule has 2 aromatic carbocycles. The standard InChI is InChI=1S/C19H22N4O3/c1-14-13-17(22-11-9-21(2)10-12-22)7-8-18(14)20-19(24)15-3-5-16(6-4-15)23(25)26/h3-8,13H,9-12H2,1-2H3,(H,20,24). The zero-order valence-corrected chi connectivity index (χ0v) is 14.9. The van der Waals surface area contributed by atoms with Gasteiger partial charge >= 0.3 is 0 Å². The Morgan fingerprint density at radius 1 is 1.08 bits per heavy atom.